The van der Waals surface area contributed by atoms with Crippen molar-refractivity contribution in [1.82, 2.24) is 15.1 Å². The molecule has 6 heteroatoms. The van der Waals surface area contributed by atoms with Crippen LogP contribution in [-0.2, 0) is 34.5 Å². The minimum absolute atomic E-state index is 0.247. The van der Waals surface area contributed by atoms with Crippen LogP contribution in [0.3, 0.4) is 0 Å². The quantitative estimate of drug-likeness (QED) is 0.751. The number of likely N-dealkylation sites (N-methyl/N-ethyl adjacent to an activating group) is 1. The summed E-state index contributed by atoms with van der Waals surface area (Å²) in [7, 11) is 0. The zero-order chi connectivity index (χ0) is 21.3. The van der Waals surface area contributed by atoms with Crippen LogP contribution in [0.4, 0.5) is 4.79 Å². The fraction of sp³-hybridized carbons (Fsp3) is 0.375. The summed E-state index contributed by atoms with van der Waals surface area (Å²) in [6.07, 6.45) is 3.17. The molecular formula is C24H27N3O3. The van der Waals surface area contributed by atoms with Crippen molar-refractivity contribution in [3.8, 4) is 0 Å². The molecule has 1 aliphatic carbocycles. The highest BCUT2D eigenvalue weighted by molar-refractivity contribution is 6.09. The van der Waals surface area contributed by atoms with Gasteiger partial charge in [0.05, 0.1) is 0 Å². The Kier molecular flexibility index (Phi) is 5.33. The number of aryl methyl sites for hydroxylation is 2. The number of carbonyl (C=O) groups excluding carboxylic acids is 3. The van der Waals surface area contributed by atoms with E-state index in [0.717, 1.165) is 35.3 Å². The Balaban J connectivity index is 1.50. The van der Waals surface area contributed by atoms with Gasteiger partial charge in [0.25, 0.3) is 5.91 Å². The summed E-state index contributed by atoms with van der Waals surface area (Å²) in [5.41, 5.74) is 3.18. The normalized spacial score (nSPS) is 20.3. The third-order valence-electron chi connectivity index (χ3n) is 6.19. The van der Waals surface area contributed by atoms with Crippen LogP contribution >= 0.6 is 0 Å². The van der Waals surface area contributed by atoms with E-state index in [1.54, 1.807) is 11.8 Å². The molecule has 156 valence electrons. The van der Waals surface area contributed by atoms with Gasteiger partial charge < -0.3 is 10.2 Å². The van der Waals surface area contributed by atoms with E-state index < -0.39 is 11.6 Å². The fourth-order valence-electron chi connectivity index (χ4n) is 4.33. The van der Waals surface area contributed by atoms with E-state index in [0.29, 0.717) is 13.1 Å². The van der Waals surface area contributed by atoms with Crippen molar-refractivity contribution in [3.05, 3.63) is 70.8 Å². The number of hydrogen-bond acceptors (Lipinski definition) is 3. The lowest BCUT2D eigenvalue weighted by molar-refractivity contribution is -0.139. The molecule has 0 radical (unpaired) electrons. The van der Waals surface area contributed by atoms with Crippen LogP contribution in [0.25, 0.3) is 0 Å². The van der Waals surface area contributed by atoms with Gasteiger partial charge in [-0.25, -0.2) is 4.79 Å². The van der Waals surface area contributed by atoms with Gasteiger partial charge in [0.15, 0.2) is 0 Å². The highest BCUT2D eigenvalue weighted by Gasteiger charge is 2.49. The minimum atomic E-state index is -1.15. The van der Waals surface area contributed by atoms with Crippen LogP contribution in [0.1, 0.15) is 42.5 Å². The second kappa shape index (κ2) is 7.94. The summed E-state index contributed by atoms with van der Waals surface area (Å²) in [4.78, 5) is 41.4. The zero-order valence-electron chi connectivity index (χ0n) is 17.5. The molecule has 1 atom stereocenters. The number of carbonyl (C=O) groups is 3. The molecule has 2 aliphatic rings. The molecule has 30 heavy (non-hydrogen) atoms. The first kappa shape index (κ1) is 20.1. The number of nitrogens with one attached hydrogen (secondary N) is 1. The predicted molar refractivity (Wildman–Crippen MR) is 114 cm³/mol. The van der Waals surface area contributed by atoms with Crippen molar-refractivity contribution in [2.24, 2.45) is 0 Å². The Morgan fingerprint density at radius 2 is 1.83 bits per heavy atom. The Labute approximate surface area is 176 Å². The number of nitrogens with zero attached hydrogens (tertiary/aromatic N) is 2. The first-order valence-electron chi connectivity index (χ1n) is 10.5. The Morgan fingerprint density at radius 1 is 1.10 bits per heavy atom. The van der Waals surface area contributed by atoms with Crippen LogP contribution in [0, 0.1) is 0 Å². The van der Waals surface area contributed by atoms with Gasteiger partial charge in [-0.3, -0.25) is 14.5 Å². The lowest BCUT2D eigenvalue weighted by Crippen LogP contribution is -2.44. The summed E-state index contributed by atoms with van der Waals surface area (Å²) < 4.78 is 0. The van der Waals surface area contributed by atoms with Gasteiger partial charge in [0.1, 0.15) is 12.1 Å². The SMILES string of the molecule is CCN(Cc1ccccc1)C(=O)CN1C(=O)NC(C)(c2ccc3c(c2)CCC3)C1=O. The zero-order valence-corrected chi connectivity index (χ0v) is 17.5. The molecule has 0 aromatic heterocycles. The average Bonchev–Trinajstić information content (AvgIpc) is 3.31. The van der Waals surface area contributed by atoms with Crippen LogP contribution in [-0.4, -0.2) is 40.7 Å². The summed E-state index contributed by atoms with van der Waals surface area (Å²) in [5, 5.41) is 2.82. The second-order valence-electron chi connectivity index (χ2n) is 8.18. The molecule has 1 N–H and O–H groups in total. The number of imide groups is 1. The number of rotatable bonds is 6. The van der Waals surface area contributed by atoms with Crippen LogP contribution < -0.4 is 5.32 Å². The van der Waals surface area contributed by atoms with Gasteiger partial charge in [-0.2, -0.15) is 0 Å². The number of hydrogen-bond donors (Lipinski definition) is 1. The summed E-state index contributed by atoms with van der Waals surface area (Å²) in [5.74, 6) is -0.627. The standard InChI is InChI=1S/C24H27N3O3/c1-3-26(15-17-8-5-4-6-9-17)21(28)16-27-22(29)24(2,25-23(27)30)20-13-12-18-10-7-11-19(18)14-20/h4-6,8-9,12-14H,3,7,10-11,15-16H2,1-2H3,(H,25,30). The van der Waals surface area contributed by atoms with Crippen LogP contribution in [0.15, 0.2) is 48.5 Å². The molecule has 0 saturated carbocycles. The molecule has 6 nitrogen and oxygen atoms in total. The summed E-state index contributed by atoms with van der Waals surface area (Å²) in [6, 6.07) is 15.2. The smallest absolute Gasteiger partial charge is 0.325 e. The number of amides is 4. The van der Waals surface area contributed by atoms with Crippen molar-refractivity contribution in [1.29, 1.82) is 0 Å². The molecular weight excluding hydrogens is 378 g/mol. The Bertz CT molecular complexity index is 988. The molecule has 1 unspecified atom stereocenters. The molecule has 0 spiro atoms. The molecule has 1 aliphatic heterocycles. The average molecular weight is 405 g/mol. The molecule has 4 amide bonds. The summed E-state index contributed by atoms with van der Waals surface area (Å²) >= 11 is 0. The van der Waals surface area contributed by atoms with Gasteiger partial charge in [-0.15, -0.1) is 0 Å². The van der Waals surface area contributed by atoms with Crippen molar-refractivity contribution in [2.75, 3.05) is 13.1 Å². The largest absolute Gasteiger partial charge is 0.337 e. The van der Waals surface area contributed by atoms with Gasteiger partial charge in [0, 0.05) is 13.1 Å². The highest BCUT2D eigenvalue weighted by atomic mass is 16.2. The lowest BCUT2D eigenvalue weighted by atomic mass is 9.89. The molecule has 1 fully saturated rings. The van der Waals surface area contributed by atoms with Crippen molar-refractivity contribution < 1.29 is 14.4 Å². The van der Waals surface area contributed by atoms with E-state index in [2.05, 4.69) is 11.4 Å². The predicted octanol–water partition coefficient (Wildman–Crippen LogP) is 2.99. The topological polar surface area (TPSA) is 69.7 Å². The monoisotopic (exact) mass is 405 g/mol. The van der Waals surface area contributed by atoms with Crippen LogP contribution in [0.5, 0.6) is 0 Å². The molecule has 4 rings (SSSR count). The fourth-order valence-corrected chi connectivity index (χ4v) is 4.33. The number of fused-ring (bicyclic) bond motifs is 1. The van der Waals surface area contributed by atoms with Crippen molar-refractivity contribution in [2.45, 2.75) is 45.2 Å². The van der Waals surface area contributed by atoms with E-state index in [9.17, 15) is 14.4 Å². The third-order valence-corrected chi connectivity index (χ3v) is 6.19. The minimum Gasteiger partial charge on any atom is -0.337 e. The molecule has 1 saturated heterocycles. The maximum atomic E-state index is 13.2. The number of benzene rings is 2. The van der Waals surface area contributed by atoms with Crippen molar-refractivity contribution in [3.63, 3.8) is 0 Å². The maximum Gasteiger partial charge on any atom is 0.325 e. The number of urea groups is 1. The first-order chi connectivity index (χ1) is 14.4. The van der Waals surface area contributed by atoms with Gasteiger partial charge in [-0.1, -0.05) is 48.5 Å². The second-order valence-corrected chi connectivity index (χ2v) is 8.18. The van der Waals surface area contributed by atoms with Gasteiger partial charge >= 0.3 is 6.03 Å². The third kappa shape index (κ3) is 3.58. The lowest BCUT2D eigenvalue weighted by Gasteiger charge is -2.25. The first-order valence-corrected chi connectivity index (χ1v) is 10.5. The molecule has 0 bridgehead atoms. The van der Waals surface area contributed by atoms with E-state index in [1.165, 1.54) is 11.1 Å². The van der Waals surface area contributed by atoms with E-state index in [1.807, 2.05) is 49.4 Å². The van der Waals surface area contributed by atoms with Crippen molar-refractivity contribution >= 4 is 17.8 Å². The molecule has 1 heterocycles. The van der Waals surface area contributed by atoms with E-state index in [-0.39, 0.29) is 18.4 Å². The van der Waals surface area contributed by atoms with Gasteiger partial charge in [-0.05, 0) is 55.4 Å². The maximum absolute atomic E-state index is 13.2. The Hall–Kier alpha value is -3.15. The van der Waals surface area contributed by atoms with E-state index in [4.69, 9.17) is 0 Å². The van der Waals surface area contributed by atoms with Crippen LogP contribution in [0.2, 0.25) is 0 Å². The molecule has 2 aromatic rings. The van der Waals surface area contributed by atoms with Gasteiger partial charge in [0.2, 0.25) is 5.91 Å². The van der Waals surface area contributed by atoms with E-state index >= 15 is 0 Å². The molecule has 2 aromatic carbocycles. The summed E-state index contributed by atoms with van der Waals surface area (Å²) in [6.45, 7) is 4.30. The Morgan fingerprint density at radius 3 is 2.57 bits per heavy atom. The highest BCUT2D eigenvalue weighted by Crippen LogP contribution is 2.32.